The van der Waals surface area contributed by atoms with Gasteiger partial charge in [-0.05, 0) is 18.1 Å². The van der Waals surface area contributed by atoms with Crippen molar-refractivity contribution in [1.82, 2.24) is 5.32 Å². The molecule has 0 aliphatic heterocycles. The minimum atomic E-state index is -0.841. The van der Waals surface area contributed by atoms with E-state index >= 15 is 0 Å². The van der Waals surface area contributed by atoms with Gasteiger partial charge in [0.05, 0.1) is 11.8 Å². The molecule has 0 heterocycles. The van der Waals surface area contributed by atoms with Gasteiger partial charge in [0.25, 0.3) is 0 Å². The van der Waals surface area contributed by atoms with Crippen molar-refractivity contribution in [3.05, 3.63) is 29.8 Å². The van der Waals surface area contributed by atoms with Crippen LogP contribution in [0.25, 0.3) is 0 Å². The first-order valence-corrected chi connectivity index (χ1v) is 6.81. The van der Waals surface area contributed by atoms with Gasteiger partial charge in [-0.15, -0.1) is 0 Å². The molecule has 0 bridgehead atoms. The maximum Gasteiger partial charge on any atom is 0.319 e. The number of hydrogen-bond donors (Lipinski definition) is 3. The van der Waals surface area contributed by atoms with E-state index in [4.69, 9.17) is 0 Å². The molecule has 6 heteroatoms. The summed E-state index contributed by atoms with van der Waals surface area (Å²) in [6, 6.07) is 2.30. The smallest absolute Gasteiger partial charge is 0.319 e. The Morgan fingerprint density at radius 1 is 1.33 bits per heavy atom. The van der Waals surface area contributed by atoms with E-state index in [0.717, 1.165) is 12.1 Å². The predicted octanol–water partition coefficient (Wildman–Crippen LogP) is 3.13. The number of aliphatic hydroxyl groups is 1. The summed E-state index contributed by atoms with van der Waals surface area (Å²) in [6.07, 6.45) is -0.583. The number of nitrogens with one attached hydrogen (secondary N) is 2. The molecule has 3 N–H and O–H groups in total. The highest BCUT2D eigenvalue weighted by Gasteiger charge is 2.30. The van der Waals surface area contributed by atoms with Crippen LogP contribution in [0.15, 0.2) is 18.2 Å². The molecule has 0 spiro atoms. The molecule has 21 heavy (non-hydrogen) atoms. The van der Waals surface area contributed by atoms with E-state index in [1.807, 2.05) is 27.7 Å². The number of benzene rings is 1. The second-order valence-electron chi connectivity index (χ2n) is 6.11. The lowest BCUT2D eigenvalue weighted by Gasteiger charge is -2.33. The molecule has 1 rings (SSSR count). The van der Waals surface area contributed by atoms with Crippen molar-refractivity contribution in [2.75, 3.05) is 11.9 Å². The van der Waals surface area contributed by atoms with Crippen LogP contribution in [0.4, 0.5) is 19.3 Å². The van der Waals surface area contributed by atoms with Crippen molar-refractivity contribution >= 4 is 11.7 Å². The molecule has 1 aromatic rings. The highest BCUT2D eigenvalue weighted by molar-refractivity contribution is 5.89. The van der Waals surface area contributed by atoms with E-state index in [1.165, 1.54) is 0 Å². The van der Waals surface area contributed by atoms with Crippen LogP contribution < -0.4 is 10.6 Å². The van der Waals surface area contributed by atoms with Gasteiger partial charge in [0.15, 0.2) is 0 Å². The fraction of sp³-hybridized carbons (Fsp3) is 0.533. The van der Waals surface area contributed by atoms with Crippen molar-refractivity contribution < 1.29 is 18.7 Å². The lowest BCUT2D eigenvalue weighted by atomic mass is 9.81. The van der Waals surface area contributed by atoms with Gasteiger partial charge in [0.1, 0.15) is 11.6 Å². The molecule has 118 valence electrons. The maximum atomic E-state index is 13.4. The van der Waals surface area contributed by atoms with Crippen LogP contribution in [-0.4, -0.2) is 23.8 Å². The zero-order valence-corrected chi connectivity index (χ0v) is 12.7. The van der Waals surface area contributed by atoms with Gasteiger partial charge in [0, 0.05) is 18.0 Å². The number of amides is 2. The van der Waals surface area contributed by atoms with Crippen molar-refractivity contribution in [2.24, 2.45) is 11.3 Å². The third-order valence-electron chi connectivity index (χ3n) is 3.32. The van der Waals surface area contributed by atoms with Crippen LogP contribution >= 0.6 is 0 Å². The zero-order valence-electron chi connectivity index (χ0n) is 12.7. The number of rotatable bonds is 5. The minimum Gasteiger partial charge on any atom is -0.392 e. The summed E-state index contributed by atoms with van der Waals surface area (Å²) < 4.78 is 26.2. The van der Waals surface area contributed by atoms with Crippen LogP contribution in [0.2, 0.25) is 0 Å². The molecule has 4 nitrogen and oxygen atoms in total. The Bertz CT molecular complexity index is 504. The molecule has 0 aliphatic carbocycles. The van der Waals surface area contributed by atoms with Gasteiger partial charge < -0.3 is 15.7 Å². The van der Waals surface area contributed by atoms with Gasteiger partial charge >= 0.3 is 6.03 Å². The van der Waals surface area contributed by atoms with Crippen molar-refractivity contribution in [3.63, 3.8) is 0 Å². The van der Waals surface area contributed by atoms with Gasteiger partial charge in [-0.25, -0.2) is 13.6 Å². The van der Waals surface area contributed by atoms with E-state index in [-0.39, 0.29) is 18.2 Å². The van der Waals surface area contributed by atoms with Crippen LogP contribution in [0, 0.1) is 23.0 Å². The summed E-state index contributed by atoms with van der Waals surface area (Å²) in [4.78, 5) is 11.7. The fourth-order valence-corrected chi connectivity index (χ4v) is 2.07. The van der Waals surface area contributed by atoms with Crippen LogP contribution in [0.3, 0.4) is 0 Å². The first kappa shape index (κ1) is 17.4. The molecule has 0 radical (unpaired) electrons. The average molecular weight is 300 g/mol. The Morgan fingerprint density at radius 3 is 2.48 bits per heavy atom. The SMILES string of the molecule is CC(C)C(O)C(C)(C)CNC(=O)Nc1ccc(F)cc1F. The highest BCUT2D eigenvalue weighted by atomic mass is 19.1. The molecular weight excluding hydrogens is 278 g/mol. The molecule has 0 aromatic heterocycles. The highest BCUT2D eigenvalue weighted by Crippen LogP contribution is 2.25. The summed E-state index contributed by atoms with van der Waals surface area (Å²) in [5.41, 5.74) is -0.622. The Labute approximate surface area is 123 Å². The normalized spacial score (nSPS) is 13.1. The van der Waals surface area contributed by atoms with E-state index in [1.54, 1.807) is 0 Å². The molecule has 1 unspecified atom stereocenters. The minimum absolute atomic E-state index is 0.0550. The average Bonchev–Trinajstić information content (AvgIpc) is 2.39. The van der Waals surface area contributed by atoms with Crippen LogP contribution in [-0.2, 0) is 0 Å². The Balaban J connectivity index is 2.58. The van der Waals surface area contributed by atoms with E-state index < -0.39 is 29.2 Å². The largest absolute Gasteiger partial charge is 0.392 e. The number of anilines is 1. The monoisotopic (exact) mass is 300 g/mol. The summed E-state index contributed by atoms with van der Waals surface area (Å²) in [5, 5.41) is 14.9. The second kappa shape index (κ2) is 6.85. The van der Waals surface area contributed by atoms with Crippen LogP contribution in [0.5, 0.6) is 0 Å². The summed E-state index contributed by atoms with van der Waals surface area (Å²) in [5.74, 6) is -1.49. The van der Waals surface area contributed by atoms with Gasteiger partial charge in [0.2, 0.25) is 0 Å². The number of aliphatic hydroxyl groups excluding tert-OH is 1. The number of carbonyl (C=O) groups is 1. The molecule has 0 aliphatic rings. The molecule has 0 fully saturated rings. The van der Waals surface area contributed by atoms with Gasteiger partial charge in [-0.2, -0.15) is 0 Å². The number of urea groups is 1. The molecule has 0 saturated carbocycles. The summed E-state index contributed by atoms with van der Waals surface area (Å²) in [7, 11) is 0. The number of hydrogen-bond acceptors (Lipinski definition) is 2. The quantitative estimate of drug-likeness (QED) is 0.782. The lowest BCUT2D eigenvalue weighted by molar-refractivity contribution is 0.0154. The lowest BCUT2D eigenvalue weighted by Crippen LogP contribution is -2.44. The molecule has 0 saturated heterocycles. The summed E-state index contributed by atoms with van der Waals surface area (Å²) >= 11 is 0. The topological polar surface area (TPSA) is 61.4 Å². The fourth-order valence-electron chi connectivity index (χ4n) is 2.07. The second-order valence-corrected chi connectivity index (χ2v) is 6.11. The van der Waals surface area contributed by atoms with Gasteiger partial charge in [-0.1, -0.05) is 27.7 Å². The third-order valence-corrected chi connectivity index (χ3v) is 3.32. The summed E-state index contributed by atoms with van der Waals surface area (Å²) in [6.45, 7) is 7.66. The molecular formula is C15H22F2N2O2. The standard InChI is InChI=1S/C15H22F2N2O2/c1-9(2)13(20)15(3,4)8-18-14(21)19-12-6-5-10(16)7-11(12)17/h5-7,9,13,20H,8H2,1-4H3,(H2,18,19,21). The first-order chi connectivity index (χ1) is 9.63. The van der Waals surface area contributed by atoms with E-state index in [2.05, 4.69) is 10.6 Å². The third kappa shape index (κ3) is 4.97. The Hall–Kier alpha value is -1.69. The predicted molar refractivity (Wildman–Crippen MR) is 78.0 cm³/mol. The zero-order chi connectivity index (χ0) is 16.2. The van der Waals surface area contributed by atoms with E-state index in [9.17, 15) is 18.7 Å². The van der Waals surface area contributed by atoms with Crippen molar-refractivity contribution in [3.8, 4) is 0 Å². The molecule has 2 amide bonds. The van der Waals surface area contributed by atoms with Crippen LogP contribution in [0.1, 0.15) is 27.7 Å². The molecule has 1 aromatic carbocycles. The van der Waals surface area contributed by atoms with Gasteiger partial charge in [-0.3, -0.25) is 0 Å². The first-order valence-electron chi connectivity index (χ1n) is 6.81. The van der Waals surface area contributed by atoms with Crippen molar-refractivity contribution in [2.45, 2.75) is 33.8 Å². The Morgan fingerprint density at radius 2 is 1.95 bits per heavy atom. The van der Waals surface area contributed by atoms with Crippen molar-refractivity contribution in [1.29, 1.82) is 0 Å². The van der Waals surface area contributed by atoms with E-state index in [0.29, 0.717) is 6.07 Å². The number of carbonyl (C=O) groups excluding carboxylic acids is 1. The number of halogens is 2. The maximum absolute atomic E-state index is 13.4. The molecule has 1 atom stereocenters. The Kier molecular flexibility index (Phi) is 5.66.